The van der Waals surface area contributed by atoms with E-state index in [1.165, 1.54) is 23.1 Å². The molecule has 1 aromatic carbocycles. The maximum absolute atomic E-state index is 13.4. The van der Waals surface area contributed by atoms with Crippen molar-refractivity contribution in [1.29, 1.82) is 0 Å². The van der Waals surface area contributed by atoms with Crippen molar-refractivity contribution >= 4 is 11.6 Å². The Hall–Kier alpha value is -3.20. The zero-order valence-electron chi connectivity index (χ0n) is 18.4. The summed E-state index contributed by atoms with van der Waals surface area (Å²) in [7, 11) is 0. The molecule has 0 radical (unpaired) electrons. The molecule has 0 unspecified atom stereocenters. The van der Waals surface area contributed by atoms with Crippen molar-refractivity contribution in [2.24, 2.45) is 0 Å². The molecule has 0 N–H and O–H groups in total. The zero-order valence-corrected chi connectivity index (χ0v) is 19.1. The minimum absolute atomic E-state index is 0.270. The van der Waals surface area contributed by atoms with E-state index in [1.807, 2.05) is 13.8 Å². The normalized spacial score (nSPS) is 11.5. The number of alkyl halides is 2. The molecule has 3 aromatic heterocycles. The number of aromatic nitrogens is 6. The molecule has 0 aliphatic rings. The summed E-state index contributed by atoms with van der Waals surface area (Å²) in [6.07, 6.45) is -0.328. The number of rotatable bonds is 7. The SMILES string of the molecule is CCc1c(-c2ccc(F)cc2)nn(CC(F)F)c1Cc1cc(-n2nc(C)c(Cl)c2C)ncn1. The molecule has 0 bridgehead atoms. The molecular formula is C23H22ClF3N6. The van der Waals surface area contributed by atoms with E-state index in [0.717, 1.165) is 11.3 Å². The van der Waals surface area contributed by atoms with Crippen LogP contribution in [0.3, 0.4) is 0 Å². The summed E-state index contributed by atoms with van der Waals surface area (Å²) in [4.78, 5) is 8.64. The van der Waals surface area contributed by atoms with Crippen molar-refractivity contribution in [2.45, 2.75) is 46.6 Å². The summed E-state index contributed by atoms with van der Waals surface area (Å²) in [5, 5.41) is 9.44. The maximum Gasteiger partial charge on any atom is 0.257 e. The monoisotopic (exact) mass is 474 g/mol. The first-order valence-electron chi connectivity index (χ1n) is 10.4. The minimum atomic E-state index is -2.58. The second-order valence-corrected chi connectivity index (χ2v) is 8.03. The first kappa shape index (κ1) is 23.0. The molecule has 0 aliphatic heterocycles. The van der Waals surface area contributed by atoms with Gasteiger partial charge in [-0.25, -0.2) is 27.8 Å². The van der Waals surface area contributed by atoms with Gasteiger partial charge in [0.15, 0.2) is 5.82 Å². The first-order chi connectivity index (χ1) is 15.8. The van der Waals surface area contributed by atoms with Crippen molar-refractivity contribution in [3.05, 3.63) is 75.8 Å². The predicted molar refractivity (Wildman–Crippen MR) is 119 cm³/mol. The fraction of sp³-hybridized carbons (Fsp3) is 0.304. The van der Waals surface area contributed by atoms with Crippen molar-refractivity contribution in [3.63, 3.8) is 0 Å². The average molecular weight is 475 g/mol. The highest BCUT2D eigenvalue weighted by atomic mass is 35.5. The predicted octanol–water partition coefficient (Wildman–Crippen LogP) is 5.35. The van der Waals surface area contributed by atoms with Gasteiger partial charge in [0.05, 0.1) is 27.8 Å². The highest BCUT2D eigenvalue weighted by Crippen LogP contribution is 2.29. The van der Waals surface area contributed by atoms with E-state index in [4.69, 9.17) is 11.6 Å². The van der Waals surface area contributed by atoms with Gasteiger partial charge in [-0.2, -0.15) is 10.2 Å². The standard InChI is InChI=1S/C23H22ClF3N6/c1-4-18-19(32(11-20(26)27)31-23(18)15-5-7-16(25)8-6-15)9-17-10-21(29-12-28-17)33-14(3)22(24)13(2)30-33/h5-8,10,12,20H,4,9,11H2,1-3H3. The minimum Gasteiger partial charge on any atom is -0.263 e. The summed E-state index contributed by atoms with van der Waals surface area (Å²) in [5.41, 5.74) is 4.73. The van der Waals surface area contributed by atoms with Gasteiger partial charge in [-0.05, 0) is 44.5 Å². The smallest absolute Gasteiger partial charge is 0.257 e. The third-order valence-corrected chi connectivity index (χ3v) is 5.97. The molecule has 0 saturated heterocycles. The Morgan fingerprint density at radius 1 is 1.06 bits per heavy atom. The molecule has 0 atom stereocenters. The molecule has 33 heavy (non-hydrogen) atoms. The van der Waals surface area contributed by atoms with E-state index in [-0.39, 0.29) is 12.2 Å². The fourth-order valence-electron chi connectivity index (χ4n) is 3.84. The molecule has 3 heterocycles. The van der Waals surface area contributed by atoms with Gasteiger partial charge in [-0.15, -0.1) is 0 Å². The van der Waals surface area contributed by atoms with E-state index in [2.05, 4.69) is 20.2 Å². The van der Waals surface area contributed by atoms with Gasteiger partial charge >= 0.3 is 0 Å². The van der Waals surface area contributed by atoms with Crippen LogP contribution in [0.4, 0.5) is 13.2 Å². The molecule has 0 saturated carbocycles. The summed E-state index contributed by atoms with van der Waals surface area (Å²) in [6.45, 7) is 5.03. The van der Waals surface area contributed by atoms with Gasteiger partial charge in [0.1, 0.15) is 18.7 Å². The summed E-state index contributed by atoms with van der Waals surface area (Å²) in [5.74, 6) is 0.158. The lowest BCUT2D eigenvalue weighted by atomic mass is 10.0. The zero-order chi connectivity index (χ0) is 23.7. The Balaban J connectivity index is 1.77. The molecule has 6 nitrogen and oxygen atoms in total. The van der Waals surface area contributed by atoms with Crippen LogP contribution in [-0.2, 0) is 19.4 Å². The third kappa shape index (κ3) is 4.64. The van der Waals surface area contributed by atoms with Crippen LogP contribution in [-0.4, -0.2) is 36.0 Å². The topological polar surface area (TPSA) is 61.4 Å². The van der Waals surface area contributed by atoms with E-state index in [1.54, 1.807) is 29.8 Å². The Morgan fingerprint density at radius 3 is 2.39 bits per heavy atom. The van der Waals surface area contributed by atoms with E-state index in [9.17, 15) is 13.2 Å². The second-order valence-electron chi connectivity index (χ2n) is 7.65. The quantitative estimate of drug-likeness (QED) is 0.362. The van der Waals surface area contributed by atoms with Crippen LogP contribution in [0, 0.1) is 19.7 Å². The molecule has 10 heteroatoms. The molecule has 0 amide bonds. The van der Waals surface area contributed by atoms with Crippen LogP contribution >= 0.6 is 11.6 Å². The number of halogens is 4. The number of benzene rings is 1. The van der Waals surface area contributed by atoms with Gasteiger partial charge in [-0.1, -0.05) is 18.5 Å². The third-order valence-electron chi connectivity index (χ3n) is 5.43. The lowest BCUT2D eigenvalue weighted by Gasteiger charge is -2.10. The Morgan fingerprint density at radius 2 is 1.79 bits per heavy atom. The van der Waals surface area contributed by atoms with Gasteiger partial charge in [0.25, 0.3) is 6.43 Å². The molecule has 4 aromatic rings. The molecule has 0 spiro atoms. The first-order valence-corrected chi connectivity index (χ1v) is 10.8. The van der Waals surface area contributed by atoms with Crippen LogP contribution in [0.15, 0.2) is 36.7 Å². The summed E-state index contributed by atoms with van der Waals surface area (Å²) < 4.78 is 43.1. The van der Waals surface area contributed by atoms with E-state index >= 15 is 0 Å². The van der Waals surface area contributed by atoms with Crippen LogP contribution < -0.4 is 0 Å². The van der Waals surface area contributed by atoms with Crippen molar-refractivity contribution in [3.8, 4) is 17.1 Å². The van der Waals surface area contributed by atoms with Gasteiger partial charge in [0.2, 0.25) is 0 Å². The number of nitrogens with zero attached hydrogens (tertiary/aromatic N) is 6. The molecular weight excluding hydrogens is 453 g/mol. The number of hydrogen-bond acceptors (Lipinski definition) is 4. The number of hydrogen-bond donors (Lipinski definition) is 0. The number of aryl methyl sites for hydroxylation is 1. The highest BCUT2D eigenvalue weighted by Gasteiger charge is 2.21. The van der Waals surface area contributed by atoms with Crippen LogP contribution in [0.2, 0.25) is 5.02 Å². The lowest BCUT2D eigenvalue weighted by molar-refractivity contribution is 0.120. The second kappa shape index (κ2) is 9.35. The van der Waals surface area contributed by atoms with Gasteiger partial charge in [-0.3, -0.25) is 4.68 Å². The Kier molecular flexibility index (Phi) is 6.51. The van der Waals surface area contributed by atoms with Crippen LogP contribution in [0.5, 0.6) is 0 Å². The van der Waals surface area contributed by atoms with Crippen LogP contribution in [0.1, 0.15) is 35.3 Å². The molecule has 172 valence electrons. The van der Waals surface area contributed by atoms with E-state index < -0.39 is 13.0 Å². The van der Waals surface area contributed by atoms with Gasteiger partial charge < -0.3 is 0 Å². The Labute approximate surface area is 194 Å². The summed E-state index contributed by atoms with van der Waals surface area (Å²) >= 11 is 6.26. The average Bonchev–Trinajstić information content (AvgIpc) is 3.25. The fourth-order valence-corrected chi connectivity index (χ4v) is 3.96. The van der Waals surface area contributed by atoms with Crippen LogP contribution in [0.25, 0.3) is 17.1 Å². The van der Waals surface area contributed by atoms with Crippen molar-refractivity contribution in [2.75, 3.05) is 0 Å². The Bertz CT molecular complexity index is 1280. The van der Waals surface area contributed by atoms with Crippen molar-refractivity contribution in [1.82, 2.24) is 29.5 Å². The largest absolute Gasteiger partial charge is 0.263 e. The van der Waals surface area contributed by atoms with E-state index in [0.29, 0.717) is 45.6 Å². The molecule has 0 aliphatic carbocycles. The highest BCUT2D eigenvalue weighted by molar-refractivity contribution is 6.31. The summed E-state index contributed by atoms with van der Waals surface area (Å²) in [6, 6.07) is 7.62. The lowest BCUT2D eigenvalue weighted by Crippen LogP contribution is -2.13. The molecule has 0 fully saturated rings. The molecule has 4 rings (SSSR count). The van der Waals surface area contributed by atoms with Crippen molar-refractivity contribution < 1.29 is 13.2 Å². The maximum atomic E-state index is 13.4. The van der Waals surface area contributed by atoms with Gasteiger partial charge in [0, 0.05) is 29.3 Å².